The maximum absolute atomic E-state index is 5.73. The van der Waals surface area contributed by atoms with Gasteiger partial charge in [-0.1, -0.05) is 12.1 Å². The van der Waals surface area contributed by atoms with Crippen molar-refractivity contribution >= 4 is 17.4 Å². The number of ether oxygens (including phenoxy) is 1. The fourth-order valence-electron chi connectivity index (χ4n) is 2.03. The van der Waals surface area contributed by atoms with Gasteiger partial charge in [0, 0.05) is 24.7 Å². The lowest BCUT2D eigenvalue weighted by Crippen LogP contribution is -2.16. The first-order chi connectivity index (χ1) is 9.24. The summed E-state index contributed by atoms with van der Waals surface area (Å²) < 4.78 is 5.13. The minimum atomic E-state index is 0.633. The van der Waals surface area contributed by atoms with Crippen molar-refractivity contribution < 1.29 is 4.74 Å². The molecular formula is C14H14N4O. The van der Waals surface area contributed by atoms with Gasteiger partial charge in [-0.25, -0.2) is 15.0 Å². The smallest absolute Gasteiger partial charge is 0.176 e. The van der Waals surface area contributed by atoms with Crippen LogP contribution in [0.1, 0.15) is 12.0 Å². The second kappa shape index (κ2) is 4.68. The van der Waals surface area contributed by atoms with E-state index in [0.717, 1.165) is 28.6 Å². The lowest BCUT2D eigenvalue weighted by atomic mass is 10.1. The van der Waals surface area contributed by atoms with E-state index in [1.165, 1.54) is 0 Å². The fourth-order valence-corrected chi connectivity index (χ4v) is 2.03. The standard InChI is InChI=1S/C14H14N4O/c1-19-11-4-2-9(3-5-11)6-13-17-12-7-10(15)8-16-14(12)18-13/h2-5,8H,6-7,15H2,1H3. The normalized spacial score (nSPS) is 17.1. The van der Waals surface area contributed by atoms with Crippen LogP contribution in [0.25, 0.3) is 0 Å². The van der Waals surface area contributed by atoms with Gasteiger partial charge >= 0.3 is 0 Å². The molecule has 5 nitrogen and oxygen atoms in total. The van der Waals surface area contributed by atoms with Gasteiger partial charge in [-0.15, -0.1) is 0 Å². The Kier molecular flexibility index (Phi) is 2.87. The lowest BCUT2D eigenvalue weighted by Gasteiger charge is -2.04. The summed E-state index contributed by atoms with van der Waals surface area (Å²) in [6.45, 7) is 0. The second-order valence-corrected chi connectivity index (χ2v) is 4.44. The number of aliphatic imine (C=N–C) groups is 3. The molecule has 2 aliphatic rings. The summed E-state index contributed by atoms with van der Waals surface area (Å²) in [6.07, 6.45) is 2.97. The molecule has 0 spiro atoms. The SMILES string of the molecule is COc1ccc(CC2=NC3=NC=C(N)CC3=N2)cc1. The average Bonchev–Trinajstić information content (AvgIpc) is 2.81. The number of benzene rings is 1. The summed E-state index contributed by atoms with van der Waals surface area (Å²) >= 11 is 0. The zero-order valence-electron chi connectivity index (χ0n) is 10.6. The highest BCUT2D eigenvalue weighted by molar-refractivity contribution is 6.48. The van der Waals surface area contributed by atoms with Crippen LogP contribution in [-0.4, -0.2) is 24.5 Å². The van der Waals surface area contributed by atoms with Gasteiger partial charge in [0.2, 0.25) is 0 Å². The molecule has 0 saturated heterocycles. The van der Waals surface area contributed by atoms with Crippen LogP contribution >= 0.6 is 0 Å². The Morgan fingerprint density at radius 1 is 1.21 bits per heavy atom. The molecule has 3 rings (SSSR count). The number of methoxy groups -OCH3 is 1. The van der Waals surface area contributed by atoms with Crippen molar-refractivity contribution in [2.45, 2.75) is 12.8 Å². The summed E-state index contributed by atoms with van der Waals surface area (Å²) in [5.74, 6) is 2.32. The molecule has 0 atom stereocenters. The zero-order valence-corrected chi connectivity index (χ0v) is 10.6. The summed E-state index contributed by atoms with van der Waals surface area (Å²) in [5, 5.41) is 0. The van der Waals surface area contributed by atoms with Crippen molar-refractivity contribution in [2.24, 2.45) is 20.7 Å². The highest BCUT2D eigenvalue weighted by Gasteiger charge is 2.20. The Labute approximate surface area is 111 Å². The fraction of sp³-hybridized carbons (Fsp3) is 0.214. The molecule has 0 aromatic heterocycles. The van der Waals surface area contributed by atoms with Crippen LogP contribution in [0, 0.1) is 0 Å². The van der Waals surface area contributed by atoms with Crippen molar-refractivity contribution in [3.8, 4) is 5.75 Å². The Morgan fingerprint density at radius 3 is 2.74 bits per heavy atom. The van der Waals surface area contributed by atoms with E-state index in [4.69, 9.17) is 10.5 Å². The van der Waals surface area contributed by atoms with Crippen molar-refractivity contribution in [3.63, 3.8) is 0 Å². The van der Waals surface area contributed by atoms with Gasteiger partial charge in [0.25, 0.3) is 0 Å². The zero-order chi connectivity index (χ0) is 13.2. The third kappa shape index (κ3) is 2.40. The molecule has 2 aliphatic heterocycles. The molecule has 0 amide bonds. The van der Waals surface area contributed by atoms with E-state index in [1.54, 1.807) is 13.3 Å². The first kappa shape index (κ1) is 11.6. The van der Waals surface area contributed by atoms with Crippen molar-refractivity contribution in [1.82, 2.24) is 0 Å². The first-order valence-electron chi connectivity index (χ1n) is 6.05. The van der Waals surface area contributed by atoms with Gasteiger partial charge in [-0.2, -0.15) is 0 Å². The van der Waals surface area contributed by atoms with E-state index in [-0.39, 0.29) is 0 Å². The molecular weight excluding hydrogens is 240 g/mol. The van der Waals surface area contributed by atoms with Gasteiger partial charge in [-0.3, -0.25) is 0 Å². The maximum atomic E-state index is 5.73. The number of nitrogens with zero attached hydrogens (tertiary/aromatic N) is 3. The van der Waals surface area contributed by atoms with E-state index in [2.05, 4.69) is 15.0 Å². The molecule has 1 aromatic carbocycles. The number of hydrogen-bond acceptors (Lipinski definition) is 5. The van der Waals surface area contributed by atoms with Crippen molar-refractivity contribution in [1.29, 1.82) is 0 Å². The van der Waals surface area contributed by atoms with Gasteiger partial charge in [-0.05, 0) is 17.7 Å². The minimum absolute atomic E-state index is 0.633. The van der Waals surface area contributed by atoms with Crippen LogP contribution in [0.4, 0.5) is 0 Å². The molecule has 5 heteroatoms. The second-order valence-electron chi connectivity index (χ2n) is 4.44. The highest BCUT2D eigenvalue weighted by Crippen LogP contribution is 2.16. The van der Waals surface area contributed by atoms with Crippen molar-refractivity contribution in [3.05, 3.63) is 41.7 Å². The quantitative estimate of drug-likeness (QED) is 0.891. The van der Waals surface area contributed by atoms with E-state index in [0.29, 0.717) is 18.7 Å². The number of hydrogen-bond donors (Lipinski definition) is 1. The van der Waals surface area contributed by atoms with Crippen LogP contribution < -0.4 is 10.5 Å². The monoisotopic (exact) mass is 254 g/mol. The summed E-state index contributed by atoms with van der Waals surface area (Å²) in [7, 11) is 1.66. The Morgan fingerprint density at radius 2 is 2.00 bits per heavy atom. The Balaban J connectivity index is 1.75. The molecule has 0 unspecified atom stereocenters. The molecule has 1 aromatic rings. The first-order valence-corrected chi connectivity index (χ1v) is 6.05. The van der Waals surface area contributed by atoms with Gasteiger partial charge < -0.3 is 10.5 Å². The predicted octanol–water partition coefficient (Wildman–Crippen LogP) is 1.69. The molecule has 19 heavy (non-hydrogen) atoms. The number of fused-ring (bicyclic) bond motifs is 1. The van der Waals surface area contributed by atoms with E-state index in [1.807, 2.05) is 24.3 Å². The minimum Gasteiger partial charge on any atom is -0.497 e. The Bertz CT molecular complexity index is 623. The van der Waals surface area contributed by atoms with Gasteiger partial charge in [0.1, 0.15) is 11.6 Å². The molecule has 0 aliphatic carbocycles. The van der Waals surface area contributed by atoms with Crippen molar-refractivity contribution in [2.75, 3.05) is 7.11 Å². The molecule has 2 N–H and O–H groups in total. The summed E-state index contributed by atoms with van der Waals surface area (Å²) in [6, 6.07) is 7.89. The third-order valence-electron chi connectivity index (χ3n) is 3.00. The van der Waals surface area contributed by atoms with E-state index in [9.17, 15) is 0 Å². The largest absolute Gasteiger partial charge is 0.497 e. The van der Waals surface area contributed by atoms with Crippen LogP contribution in [0.5, 0.6) is 5.75 Å². The molecule has 2 heterocycles. The molecule has 96 valence electrons. The topological polar surface area (TPSA) is 72.3 Å². The number of nitrogens with two attached hydrogens (primary N) is 1. The van der Waals surface area contributed by atoms with Crippen LogP contribution in [0.15, 0.2) is 51.1 Å². The highest BCUT2D eigenvalue weighted by atomic mass is 16.5. The Hall–Kier alpha value is -2.43. The van der Waals surface area contributed by atoms with Crippen LogP contribution in [0.3, 0.4) is 0 Å². The third-order valence-corrected chi connectivity index (χ3v) is 3.00. The number of amidine groups is 2. The van der Waals surface area contributed by atoms with Crippen LogP contribution in [-0.2, 0) is 6.42 Å². The number of allylic oxidation sites excluding steroid dienone is 1. The molecule has 0 bridgehead atoms. The van der Waals surface area contributed by atoms with Crippen LogP contribution in [0.2, 0.25) is 0 Å². The van der Waals surface area contributed by atoms with E-state index >= 15 is 0 Å². The lowest BCUT2D eigenvalue weighted by molar-refractivity contribution is 0.414. The maximum Gasteiger partial charge on any atom is 0.176 e. The number of rotatable bonds is 3. The summed E-state index contributed by atoms with van der Waals surface area (Å²) in [5.41, 5.74) is 8.46. The molecule has 0 fully saturated rings. The average molecular weight is 254 g/mol. The molecule has 0 saturated carbocycles. The molecule has 0 radical (unpaired) electrons. The van der Waals surface area contributed by atoms with Gasteiger partial charge in [0.05, 0.1) is 12.8 Å². The summed E-state index contributed by atoms with van der Waals surface area (Å²) in [4.78, 5) is 13.1. The predicted molar refractivity (Wildman–Crippen MR) is 75.9 cm³/mol. The van der Waals surface area contributed by atoms with Gasteiger partial charge in [0.15, 0.2) is 5.84 Å². The van der Waals surface area contributed by atoms with E-state index < -0.39 is 0 Å².